The predicted octanol–water partition coefficient (Wildman–Crippen LogP) is 3.57. The van der Waals surface area contributed by atoms with Crippen LogP contribution in [0.5, 0.6) is 0 Å². The third kappa shape index (κ3) is 3.01. The van der Waals surface area contributed by atoms with Crippen molar-refractivity contribution < 1.29 is 4.42 Å². The molecule has 5 nitrogen and oxygen atoms in total. The molecule has 0 saturated carbocycles. The molecule has 0 saturated heterocycles. The van der Waals surface area contributed by atoms with Crippen molar-refractivity contribution in [1.82, 2.24) is 14.9 Å². The van der Waals surface area contributed by atoms with Crippen molar-refractivity contribution in [2.24, 2.45) is 5.10 Å². The van der Waals surface area contributed by atoms with Crippen LogP contribution in [0.4, 0.5) is 0 Å². The lowest BCUT2D eigenvalue weighted by molar-refractivity contribution is 0.494. The number of nitrogens with zero attached hydrogens (tertiary/aromatic N) is 4. The summed E-state index contributed by atoms with van der Waals surface area (Å²) in [6.45, 7) is 0. The molecule has 5 heteroatoms. The van der Waals surface area contributed by atoms with Crippen molar-refractivity contribution in [2.75, 3.05) is 0 Å². The van der Waals surface area contributed by atoms with Crippen molar-refractivity contribution in [3.63, 3.8) is 0 Å². The molecule has 2 aromatic carbocycles. The van der Waals surface area contributed by atoms with Crippen molar-refractivity contribution in [3.8, 4) is 22.5 Å². The van der Waals surface area contributed by atoms with Crippen molar-refractivity contribution in [1.29, 1.82) is 0 Å². The molecule has 0 bridgehead atoms. The maximum atomic E-state index is 5.96. The summed E-state index contributed by atoms with van der Waals surface area (Å²) in [4.78, 5) is 0. The third-order valence-electron chi connectivity index (χ3n) is 3.57. The molecule has 0 aliphatic rings. The molecule has 2 heterocycles. The molecule has 0 atom stereocenters. The highest BCUT2D eigenvalue weighted by molar-refractivity contribution is 5.68. The van der Waals surface area contributed by atoms with Crippen LogP contribution in [0.3, 0.4) is 0 Å². The van der Waals surface area contributed by atoms with Crippen LogP contribution in [0, 0.1) is 0 Å². The van der Waals surface area contributed by atoms with E-state index in [4.69, 9.17) is 4.42 Å². The molecule has 0 aliphatic carbocycles. The Balaban J connectivity index is 1.91. The number of benzene rings is 2. The van der Waals surface area contributed by atoms with Gasteiger partial charge in [0, 0.05) is 11.6 Å². The molecule has 4 aromatic rings. The standard InChI is InChI=1S/C19H14N4O/c1-3-7-15(8-4-1)17-11-18(16-9-5-2-6-10-16)24-19(12-17)22-23-13-20-21-14-23/h1-14H. The van der Waals surface area contributed by atoms with Gasteiger partial charge < -0.3 is 4.42 Å². The van der Waals surface area contributed by atoms with Crippen LogP contribution >= 0.6 is 0 Å². The topological polar surface area (TPSA) is 56.2 Å². The number of aromatic nitrogens is 3. The lowest BCUT2D eigenvalue weighted by Gasteiger charge is -2.06. The van der Waals surface area contributed by atoms with E-state index in [1.807, 2.05) is 60.7 Å². The molecule has 0 amide bonds. The maximum Gasteiger partial charge on any atom is 0.237 e. The van der Waals surface area contributed by atoms with Gasteiger partial charge in [0.25, 0.3) is 0 Å². The fraction of sp³-hybridized carbons (Fsp3) is 0. The van der Waals surface area contributed by atoms with Gasteiger partial charge in [0.2, 0.25) is 5.55 Å². The van der Waals surface area contributed by atoms with E-state index >= 15 is 0 Å². The van der Waals surface area contributed by atoms with Crippen LogP contribution in [0.15, 0.2) is 95.0 Å². The smallest absolute Gasteiger partial charge is 0.237 e. The van der Waals surface area contributed by atoms with Crippen molar-refractivity contribution in [3.05, 3.63) is 91.0 Å². The zero-order chi connectivity index (χ0) is 16.2. The van der Waals surface area contributed by atoms with Gasteiger partial charge >= 0.3 is 0 Å². The summed E-state index contributed by atoms with van der Waals surface area (Å²) in [6, 6.07) is 24.0. The summed E-state index contributed by atoms with van der Waals surface area (Å²) < 4.78 is 7.47. The first-order valence-corrected chi connectivity index (χ1v) is 7.54. The van der Waals surface area contributed by atoms with Crippen LogP contribution < -0.4 is 5.55 Å². The number of hydrogen-bond donors (Lipinski definition) is 0. The van der Waals surface area contributed by atoms with Crippen LogP contribution in [-0.4, -0.2) is 14.9 Å². The molecule has 0 spiro atoms. The first-order chi connectivity index (χ1) is 11.9. The minimum absolute atomic E-state index is 0.481. The van der Waals surface area contributed by atoms with E-state index in [0.29, 0.717) is 5.55 Å². The molecule has 116 valence electrons. The van der Waals surface area contributed by atoms with Gasteiger partial charge in [0.05, 0.1) is 0 Å². The molecular formula is C19H14N4O. The Labute approximate surface area is 138 Å². The van der Waals surface area contributed by atoms with Crippen LogP contribution in [0.25, 0.3) is 22.5 Å². The van der Waals surface area contributed by atoms with E-state index in [-0.39, 0.29) is 0 Å². The number of rotatable bonds is 3. The zero-order valence-electron chi connectivity index (χ0n) is 12.8. The largest absolute Gasteiger partial charge is 0.437 e. The molecule has 24 heavy (non-hydrogen) atoms. The monoisotopic (exact) mass is 314 g/mol. The summed E-state index contributed by atoms with van der Waals surface area (Å²) >= 11 is 0. The van der Waals surface area contributed by atoms with Gasteiger partial charge in [-0.25, -0.2) is 4.68 Å². The molecule has 0 aliphatic heterocycles. The Morgan fingerprint density at radius 3 is 2.00 bits per heavy atom. The maximum absolute atomic E-state index is 5.96. The highest BCUT2D eigenvalue weighted by Gasteiger charge is 2.05. The van der Waals surface area contributed by atoms with Gasteiger partial charge in [-0.15, -0.1) is 15.3 Å². The highest BCUT2D eigenvalue weighted by Crippen LogP contribution is 2.24. The highest BCUT2D eigenvalue weighted by atomic mass is 16.3. The van der Waals surface area contributed by atoms with E-state index < -0.39 is 0 Å². The molecule has 0 radical (unpaired) electrons. The first-order valence-electron chi connectivity index (χ1n) is 7.54. The van der Waals surface area contributed by atoms with Crippen molar-refractivity contribution in [2.45, 2.75) is 0 Å². The zero-order valence-corrected chi connectivity index (χ0v) is 12.8. The van der Waals surface area contributed by atoms with Gasteiger partial charge in [-0.2, -0.15) is 0 Å². The Kier molecular flexibility index (Phi) is 3.73. The summed E-state index contributed by atoms with van der Waals surface area (Å²) in [6.07, 6.45) is 3.04. The van der Waals surface area contributed by atoms with Gasteiger partial charge in [-0.1, -0.05) is 60.7 Å². The molecular weight excluding hydrogens is 300 g/mol. The molecule has 4 rings (SSSR count). The Morgan fingerprint density at radius 2 is 1.33 bits per heavy atom. The van der Waals surface area contributed by atoms with Gasteiger partial charge in [0.1, 0.15) is 18.4 Å². The van der Waals surface area contributed by atoms with Crippen molar-refractivity contribution >= 4 is 0 Å². The average Bonchev–Trinajstić information content (AvgIpc) is 3.16. The fourth-order valence-corrected chi connectivity index (χ4v) is 2.44. The van der Waals surface area contributed by atoms with E-state index in [1.54, 1.807) is 0 Å². The molecule has 0 N–H and O–H groups in total. The summed E-state index contributed by atoms with van der Waals surface area (Å²) in [5.41, 5.74) is 3.61. The lowest BCUT2D eigenvalue weighted by Crippen LogP contribution is -2.05. The minimum Gasteiger partial charge on any atom is -0.437 e. The lowest BCUT2D eigenvalue weighted by atomic mass is 10.0. The quantitative estimate of drug-likeness (QED) is 0.581. The Hall–Kier alpha value is -3.47. The molecule has 2 aromatic heterocycles. The second-order valence-corrected chi connectivity index (χ2v) is 5.22. The average molecular weight is 314 g/mol. The van der Waals surface area contributed by atoms with Crippen LogP contribution in [-0.2, 0) is 0 Å². The number of hydrogen-bond acceptors (Lipinski definition) is 4. The Morgan fingerprint density at radius 1 is 0.708 bits per heavy atom. The summed E-state index contributed by atoms with van der Waals surface area (Å²) in [5, 5.41) is 11.9. The normalized spacial score (nSPS) is 11.6. The van der Waals surface area contributed by atoms with E-state index in [2.05, 4.69) is 27.4 Å². The molecule has 0 unspecified atom stereocenters. The second kappa shape index (κ2) is 6.34. The van der Waals surface area contributed by atoms with Gasteiger partial charge in [0.15, 0.2) is 0 Å². The first kappa shape index (κ1) is 14.1. The minimum atomic E-state index is 0.481. The summed E-state index contributed by atoms with van der Waals surface area (Å²) in [7, 11) is 0. The predicted molar refractivity (Wildman–Crippen MR) is 90.6 cm³/mol. The van der Waals surface area contributed by atoms with Crippen LogP contribution in [0.1, 0.15) is 0 Å². The molecule has 0 fully saturated rings. The van der Waals surface area contributed by atoms with Crippen LogP contribution in [0.2, 0.25) is 0 Å². The van der Waals surface area contributed by atoms with Gasteiger partial charge in [-0.05, 0) is 17.2 Å². The van der Waals surface area contributed by atoms with Gasteiger partial charge in [-0.3, -0.25) is 0 Å². The summed E-state index contributed by atoms with van der Waals surface area (Å²) in [5.74, 6) is 0.753. The SMILES string of the molecule is c1ccc(-c2cc(-c3ccccc3)oc(=Nn3cnnc3)c2)cc1. The fourth-order valence-electron chi connectivity index (χ4n) is 2.44. The van der Waals surface area contributed by atoms with E-state index in [9.17, 15) is 0 Å². The van der Waals surface area contributed by atoms with E-state index in [0.717, 1.165) is 22.5 Å². The Bertz CT molecular complexity index is 930. The van der Waals surface area contributed by atoms with E-state index in [1.165, 1.54) is 17.3 Å². The third-order valence-corrected chi connectivity index (χ3v) is 3.57. The second-order valence-electron chi connectivity index (χ2n) is 5.22.